The van der Waals surface area contributed by atoms with E-state index in [2.05, 4.69) is 4.72 Å². The molecule has 0 amide bonds. The van der Waals surface area contributed by atoms with Gasteiger partial charge >= 0.3 is 0 Å². The number of rotatable bonds is 5. The van der Waals surface area contributed by atoms with Crippen LogP contribution in [0.5, 0.6) is 0 Å². The van der Waals surface area contributed by atoms with Crippen LogP contribution in [0, 0.1) is 5.82 Å². The molecule has 1 atom stereocenters. The van der Waals surface area contributed by atoms with E-state index in [0.29, 0.717) is 0 Å². The summed E-state index contributed by atoms with van der Waals surface area (Å²) < 4.78 is 39.1. The first-order valence-corrected chi connectivity index (χ1v) is 7.71. The van der Waals surface area contributed by atoms with Gasteiger partial charge in [-0.15, -0.1) is 0 Å². The van der Waals surface area contributed by atoms with E-state index in [1.54, 1.807) is 0 Å². The van der Waals surface area contributed by atoms with Gasteiger partial charge in [-0.3, -0.25) is 0 Å². The Morgan fingerprint density at radius 3 is 2.76 bits per heavy atom. The molecule has 0 aliphatic rings. The van der Waals surface area contributed by atoms with Crippen LogP contribution in [0.3, 0.4) is 0 Å². The van der Waals surface area contributed by atoms with Gasteiger partial charge in [-0.25, -0.2) is 17.5 Å². The summed E-state index contributed by atoms with van der Waals surface area (Å²) in [6.07, 6.45) is 1.88. The number of benzene rings is 1. The van der Waals surface area contributed by atoms with Gasteiger partial charge in [-0.05, 0) is 24.5 Å². The number of hydrogen-bond acceptors (Lipinski definition) is 4. The maximum absolute atomic E-state index is 13.0. The Bertz CT molecular complexity index is 491. The minimum Gasteiger partial charge on any atom is -0.398 e. The van der Waals surface area contributed by atoms with E-state index < -0.39 is 15.8 Å². The highest BCUT2D eigenvalue weighted by Crippen LogP contribution is 2.19. The summed E-state index contributed by atoms with van der Waals surface area (Å²) in [4.78, 5) is -0.217. The van der Waals surface area contributed by atoms with Crippen molar-refractivity contribution in [1.29, 1.82) is 0 Å². The molecule has 1 aromatic rings. The summed E-state index contributed by atoms with van der Waals surface area (Å²) in [7, 11) is -3.75. The van der Waals surface area contributed by atoms with Crippen molar-refractivity contribution in [1.82, 2.24) is 4.72 Å². The Morgan fingerprint density at radius 1 is 1.53 bits per heavy atom. The highest BCUT2D eigenvalue weighted by atomic mass is 32.2. The van der Waals surface area contributed by atoms with Crippen molar-refractivity contribution in [3.63, 3.8) is 0 Å². The molecule has 0 bridgehead atoms. The predicted molar refractivity (Wildman–Crippen MR) is 69.0 cm³/mol. The third-order valence-electron chi connectivity index (χ3n) is 2.23. The molecule has 0 aromatic heterocycles. The summed E-state index contributed by atoms with van der Waals surface area (Å²) in [5.41, 5.74) is 5.56. The van der Waals surface area contributed by atoms with Crippen LogP contribution < -0.4 is 10.5 Å². The van der Waals surface area contributed by atoms with Gasteiger partial charge < -0.3 is 5.73 Å². The molecule has 1 aromatic carbocycles. The van der Waals surface area contributed by atoms with Crippen molar-refractivity contribution in [2.45, 2.75) is 17.1 Å². The predicted octanol–water partition coefficient (Wildman–Crippen LogP) is 1.44. The van der Waals surface area contributed by atoms with Gasteiger partial charge in [-0.2, -0.15) is 11.8 Å². The lowest BCUT2D eigenvalue weighted by atomic mass is 10.3. The Hall–Kier alpha value is -0.790. The second-order valence-electron chi connectivity index (χ2n) is 3.58. The van der Waals surface area contributed by atoms with Crippen LogP contribution in [-0.2, 0) is 10.0 Å². The van der Waals surface area contributed by atoms with E-state index in [1.807, 2.05) is 13.2 Å². The third kappa shape index (κ3) is 3.86. The summed E-state index contributed by atoms with van der Waals surface area (Å²) in [5.74, 6) is -0.627. The molecule has 0 aliphatic heterocycles. The number of anilines is 1. The molecule has 4 nitrogen and oxygen atoms in total. The normalized spacial score (nSPS) is 13.6. The zero-order valence-corrected chi connectivity index (χ0v) is 11.2. The highest BCUT2D eigenvalue weighted by molar-refractivity contribution is 7.99. The van der Waals surface area contributed by atoms with E-state index in [-0.39, 0.29) is 22.4 Å². The van der Waals surface area contributed by atoms with Crippen LogP contribution in [-0.4, -0.2) is 26.5 Å². The van der Waals surface area contributed by atoms with Gasteiger partial charge in [0.1, 0.15) is 10.7 Å². The number of sulfonamides is 1. The largest absolute Gasteiger partial charge is 0.398 e. The first-order chi connectivity index (χ1) is 7.86. The number of nitrogens with one attached hydrogen (secondary N) is 1. The Morgan fingerprint density at radius 2 is 2.18 bits per heavy atom. The van der Waals surface area contributed by atoms with Gasteiger partial charge in [0.2, 0.25) is 10.0 Å². The van der Waals surface area contributed by atoms with Gasteiger partial charge in [0.05, 0.1) is 5.69 Å². The summed E-state index contributed by atoms with van der Waals surface area (Å²) in [5, 5.41) is 0.138. The average molecular weight is 278 g/mol. The van der Waals surface area contributed by atoms with Gasteiger partial charge in [0.25, 0.3) is 0 Å². The first kappa shape index (κ1) is 14.3. The van der Waals surface area contributed by atoms with E-state index in [1.165, 1.54) is 17.8 Å². The lowest BCUT2D eigenvalue weighted by Crippen LogP contribution is -2.30. The molecule has 1 unspecified atom stereocenters. The Balaban J connectivity index is 2.93. The zero-order chi connectivity index (χ0) is 13.1. The number of halogens is 1. The fraction of sp³-hybridized carbons (Fsp3) is 0.400. The molecule has 3 N–H and O–H groups in total. The van der Waals surface area contributed by atoms with Crippen molar-refractivity contribution in [2.24, 2.45) is 0 Å². The molecule has 0 heterocycles. The minimum absolute atomic E-state index is 0.0377. The monoisotopic (exact) mass is 278 g/mol. The molecule has 0 radical (unpaired) electrons. The first-order valence-electron chi connectivity index (χ1n) is 4.94. The minimum atomic E-state index is -3.75. The number of thioether (sulfide) groups is 1. The molecule has 0 aliphatic carbocycles. The Kier molecular flexibility index (Phi) is 4.79. The molecule has 96 valence electrons. The molecule has 1 rings (SSSR count). The van der Waals surface area contributed by atoms with Crippen LogP contribution in [0.1, 0.15) is 6.92 Å². The van der Waals surface area contributed by atoms with Gasteiger partial charge in [-0.1, -0.05) is 6.92 Å². The summed E-state index contributed by atoms with van der Waals surface area (Å²) in [6.45, 7) is 2.17. The smallest absolute Gasteiger partial charge is 0.242 e. The van der Waals surface area contributed by atoms with Crippen LogP contribution in [0.4, 0.5) is 10.1 Å². The van der Waals surface area contributed by atoms with Crippen molar-refractivity contribution >= 4 is 27.5 Å². The van der Waals surface area contributed by atoms with Crippen molar-refractivity contribution < 1.29 is 12.8 Å². The lowest BCUT2D eigenvalue weighted by Gasteiger charge is -2.12. The highest BCUT2D eigenvalue weighted by Gasteiger charge is 2.18. The molecule has 0 saturated carbocycles. The third-order valence-corrected chi connectivity index (χ3v) is 4.68. The SMILES string of the molecule is CSC(C)CNS(=O)(=O)c1cc(F)ccc1N. The summed E-state index contributed by atoms with van der Waals surface area (Å²) >= 11 is 1.54. The molecule has 0 fully saturated rings. The fourth-order valence-corrected chi connectivity index (χ4v) is 2.76. The number of nitrogens with two attached hydrogens (primary N) is 1. The molecule has 0 spiro atoms. The lowest BCUT2D eigenvalue weighted by molar-refractivity contribution is 0.578. The van der Waals surface area contributed by atoms with E-state index in [9.17, 15) is 12.8 Å². The van der Waals surface area contributed by atoms with Crippen LogP contribution in [0.15, 0.2) is 23.1 Å². The Labute approximate surface area is 105 Å². The standard InChI is InChI=1S/C10H15FN2O2S2/c1-7(16-2)6-13-17(14,15)10-5-8(11)3-4-9(10)12/h3-5,7,13H,6,12H2,1-2H3. The van der Waals surface area contributed by atoms with E-state index >= 15 is 0 Å². The second-order valence-corrected chi connectivity index (χ2v) is 6.59. The van der Waals surface area contributed by atoms with Crippen LogP contribution >= 0.6 is 11.8 Å². The molecular formula is C10H15FN2O2S2. The maximum atomic E-state index is 13.0. The van der Waals surface area contributed by atoms with Crippen molar-refractivity contribution in [2.75, 3.05) is 18.5 Å². The van der Waals surface area contributed by atoms with E-state index in [0.717, 1.165) is 12.1 Å². The molecular weight excluding hydrogens is 263 g/mol. The van der Waals surface area contributed by atoms with Crippen molar-refractivity contribution in [3.8, 4) is 0 Å². The summed E-state index contributed by atoms with van der Waals surface area (Å²) in [6, 6.07) is 3.28. The topological polar surface area (TPSA) is 72.2 Å². The zero-order valence-electron chi connectivity index (χ0n) is 9.60. The molecule has 17 heavy (non-hydrogen) atoms. The quantitative estimate of drug-likeness (QED) is 0.799. The molecule has 7 heteroatoms. The fourth-order valence-electron chi connectivity index (χ4n) is 1.13. The second kappa shape index (κ2) is 5.70. The van der Waals surface area contributed by atoms with Crippen LogP contribution in [0.25, 0.3) is 0 Å². The van der Waals surface area contributed by atoms with Gasteiger partial charge in [0.15, 0.2) is 0 Å². The number of hydrogen-bond donors (Lipinski definition) is 2. The average Bonchev–Trinajstić information content (AvgIpc) is 2.29. The van der Waals surface area contributed by atoms with E-state index in [4.69, 9.17) is 5.73 Å². The van der Waals surface area contributed by atoms with Crippen LogP contribution in [0.2, 0.25) is 0 Å². The van der Waals surface area contributed by atoms with Gasteiger partial charge in [0, 0.05) is 11.8 Å². The molecule has 0 saturated heterocycles. The van der Waals surface area contributed by atoms with Crippen molar-refractivity contribution in [3.05, 3.63) is 24.0 Å². The number of nitrogen functional groups attached to an aromatic ring is 1. The maximum Gasteiger partial charge on any atom is 0.242 e.